The molecule has 0 radical (unpaired) electrons. The smallest absolute Gasteiger partial charge is 0.0541 e. The molecule has 0 saturated carbocycles. The molecule has 0 bridgehead atoms. The molecule has 0 spiro atoms. The average Bonchev–Trinajstić information content (AvgIpc) is 3.75. The van der Waals surface area contributed by atoms with E-state index in [1.807, 2.05) is 69.3 Å². The number of rotatable bonds is 13. The number of benzene rings is 9. The molecule has 3 N–H and O–H groups in total. The third-order valence-electron chi connectivity index (χ3n) is 12.6. The van der Waals surface area contributed by atoms with Crippen molar-refractivity contribution in [3.63, 3.8) is 0 Å². The molecule has 10 rings (SSSR count). The number of nitrogen functional groups attached to an aromatic ring is 1. The van der Waals surface area contributed by atoms with Crippen molar-refractivity contribution >= 4 is 61.0 Å². The van der Waals surface area contributed by atoms with Gasteiger partial charge in [-0.2, -0.15) is 0 Å². The van der Waals surface area contributed by atoms with Gasteiger partial charge in [-0.15, -0.1) is 6.58 Å². The molecule has 1 heterocycles. The van der Waals surface area contributed by atoms with Crippen molar-refractivity contribution in [2.24, 2.45) is 0 Å². The Bertz CT molecular complexity index is 3260. The second kappa shape index (κ2) is 25.3. The molecule has 0 saturated heterocycles. The van der Waals surface area contributed by atoms with E-state index in [1.54, 1.807) is 6.08 Å². The molecule has 4 heteroatoms. The van der Waals surface area contributed by atoms with E-state index in [4.69, 9.17) is 5.73 Å². The number of unbranched alkanes of at least 4 members (excludes halogenated alkanes) is 1. The van der Waals surface area contributed by atoms with Gasteiger partial charge in [0.15, 0.2) is 0 Å². The number of hydrogen-bond acceptors (Lipinski definition) is 3. The van der Waals surface area contributed by atoms with Crippen LogP contribution in [0, 0.1) is 6.92 Å². The second-order valence-electron chi connectivity index (χ2n) is 17.2. The van der Waals surface area contributed by atoms with Gasteiger partial charge in [0.1, 0.15) is 0 Å². The SMILES string of the molecule is C=C/C=C\C.C=CCCCc1cc(-n2c3ccccc3c3ccccc32)ccc1Nc1cccc(Cc2ccc3ccccc3c2N(C)c2ccccc2)c1.CC.Cc1ccccc1-c1ccccc1N. The van der Waals surface area contributed by atoms with Gasteiger partial charge in [-0.05, 0) is 133 Å². The quantitative estimate of drug-likeness (QED) is 0.0524. The molecule has 9 aromatic carbocycles. The van der Waals surface area contributed by atoms with Gasteiger partial charge in [-0.25, -0.2) is 0 Å². The van der Waals surface area contributed by atoms with Crippen LogP contribution in [-0.2, 0) is 12.8 Å². The molecule has 0 fully saturated rings. The van der Waals surface area contributed by atoms with E-state index in [1.165, 1.54) is 77.5 Å². The largest absolute Gasteiger partial charge is 0.398 e. The van der Waals surface area contributed by atoms with Gasteiger partial charge in [0.05, 0.1) is 16.7 Å². The van der Waals surface area contributed by atoms with E-state index in [0.29, 0.717) is 0 Å². The Labute approximate surface area is 422 Å². The summed E-state index contributed by atoms with van der Waals surface area (Å²) < 4.78 is 2.40. The van der Waals surface area contributed by atoms with Gasteiger partial charge in [-0.3, -0.25) is 0 Å². The van der Waals surface area contributed by atoms with Gasteiger partial charge in [0.25, 0.3) is 0 Å². The summed E-state index contributed by atoms with van der Waals surface area (Å²) in [6, 6.07) is 73.3. The van der Waals surface area contributed by atoms with Gasteiger partial charge in [0, 0.05) is 57.2 Å². The first kappa shape index (κ1) is 50.5. The van der Waals surface area contributed by atoms with Crippen molar-refractivity contribution in [2.45, 2.75) is 53.4 Å². The van der Waals surface area contributed by atoms with Crippen molar-refractivity contribution < 1.29 is 0 Å². The maximum atomic E-state index is 5.92. The van der Waals surface area contributed by atoms with Crippen molar-refractivity contribution in [3.8, 4) is 16.8 Å². The highest BCUT2D eigenvalue weighted by Crippen LogP contribution is 2.37. The fourth-order valence-electron chi connectivity index (χ4n) is 9.19. The molecule has 0 aliphatic carbocycles. The number of aryl methyl sites for hydroxylation is 2. The molecule has 71 heavy (non-hydrogen) atoms. The lowest BCUT2D eigenvalue weighted by Gasteiger charge is -2.25. The summed E-state index contributed by atoms with van der Waals surface area (Å²) in [5, 5.41) is 8.89. The Morgan fingerprint density at radius 1 is 0.606 bits per heavy atom. The number of allylic oxidation sites excluding steroid dienone is 4. The van der Waals surface area contributed by atoms with E-state index in [9.17, 15) is 0 Å². The minimum absolute atomic E-state index is 0.825. The molecule has 356 valence electrons. The van der Waals surface area contributed by atoms with Gasteiger partial charge in [0.2, 0.25) is 0 Å². The van der Waals surface area contributed by atoms with Crippen LogP contribution in [0.3, 0.4) is 0 Å². The summed E-state index contributed by atoms with van der Waals surface area (Å²) in [6.45, 7) is 15.5. The summed E-state index contributed by atoms with van der Waals surface area (Å²) in [7, 11) is 2.18. The third-order valence-corrected chi connectivity index (χ3v) is 12.6. The van der Waals surface area contributed by atoms with E-state index in [2.05, 4.69) is 218 Å². The zero-order valence-electron chi connectivity index (χ0n) is 42.2. The van der Waals surface area contributed by atoms with Gasteiger partial charge >= 0.3 is 0 Å². The van der Waals surface area contributed by atoms with Crippen molar-refractivity contribution in [1.82, 2.24) is 4.57 Å². The lowest BCUT2D eigenvalue weighted by Crippen LogP contribution is -2.12. The molecule has 0 aliphatic rings. The molecular weight excluding hydrogens is 861 g/mol. The number of nitrogens with zero attached hydrogens (tertiary/aromatic N) is 2. The number of nitrogens with one attached hydrogen (secondary N) is 1. The number of nitrogens with two attached hydrogens (primary N) is 1. The summed E-state index contributed by atoms with van der Waals surface area (Å²) in [5.41, 5.74) is 22.5. The van der Waals surface area contributed by atoms with E-state index >= 15 is 0 Å². The second-order valence-corrected chi connectivity index (χ2v) is 17.2. The van der Waals surface area contributed by atoms with Crippen molar-refractivity contribution in [1.29, 1.82) is 0 Å². The minimum atomic E-state index is 0.825. The molecule has 0 aliphatic heterocycles. The summed E-state index contributed by atoms with van der Waals surface area (Å²) in [4.78, 5) is 2.33. The number of aromatic nitrogens is 1. The Kier molecular flexibility index (Phi) is 18.0. The van der Waals surface area contributed by atoms with Crippen LogP contribution in [0.15, 0.2) is 244 Å². The van der Waals surface area contributed by atoms with Crippen LogP contribution >= 0.6 is 0 Å². The highest BCUT2D eigenvalue weighted by atomic mass is 15.1. The Hall–Kier alpha value is -8.34. The standard InChI is InChI=1S/C47H41N3.C13H13N.C5H8.C2H6/c1-3-4-6-18-36-33-40(50-45-25-13-11-23-42(45)43-24-12-14-26-46(43)50)29-30-44(36)48-38-19-15-16-34(32-38)31-37-28-27-35-17-9-10-22-41(35)47(37)49(2)39-20-7-5-8-21-39;1-10-6-2-3-7-11(10)12-8-4-5-9-13(12)14;1-3-5-4-2;1-2/h3,5,7-17,19-30,32-33,48H,1,4,6,18,31H2,2H3;2-9H,14H2,1H3;3-5H,1H2,2H3;1-2H3/b;;5-4-;. The van der Waals surface area contributed by atoms with Crippen LogP contribution in [-0.4, -0.2) is 11.6 Å². The zero-order chi connectivity index (χ0) is 50.0. The topological polar surface area (TPSA) is 46.2 Å². The van der Waals surface area contributed by atoms with E-state index < -0.39 is 0 Å². The van der Waals surface area contributed by atoms with Crippen LogP contribution in [0.2, 0.25) is 0 Å². The first-order chi connectivity index (χ1) is 34.9. The van der Waals surface area contributed by atoms with E-state index in [0.717, 1.165) is 48.3 Å². The lowest BCUT2D eigenvalue weighted by molar-refractivity contribution is 0.844. The lowest BCUT2D eigenvalue weighted by atomic mass is 9.97. The highest BCUT2D eigenvalue weighted by molar-refractivity contribution is 6.09. The number of fused-ring (bicyclic) bond motifs is 4. The van der Waals surface area contributed by atoms with Crippen LogP contribution in [0.25, 0.3) is 49.4 Å². The van der Waals surface area contributed by atoms with Crippen LogP contribution in [0.5, 0.6) is 0 Å². The molecule has 1 aromatic heterocycles. The number of anilines is 5. The van der Waals surface area contributed by atoms with Gasteiger partial charge < -0.3 is 20.5 Å². The first-order valence-corrected chi connectivity index (χ1v) is 24.9. The summed E-state index contributed by atoms with van der Waals surface area (Å²) in [5.74, 6) is 0. The maximum Gasteiger partial charge on any atom is 0.0541 e. The maximum absolute atomic E-state index is 5.92. The van der Waals surface area contributed by atoms with Crippen LogP contribution in [0.1, 0.15) is 55.9 Å². The molecule has 4 nitrogen and oxygen atoms in total. The van der Waals surface area contributed by atoms with Crippen LogP contribution in [0.4, 0.5) is 28.4 Å². The minimum Gasteiger partial charge on any atom is -0.398 e. The zero-order valence-corrected chi connectivity index (χ0v) is 42.2. The monoisotopic (exact) mass is 929 g/mol. The summed E-state index contributed by atoms with van der Waals surface area (Å²) >= 11 is 0. The normalized spacial score (nSPS) is 10.7. The Morgan fingerprint density at radius 3 is 1.90 bits per heavy atom. The van der Waals surface area contributed by atoms with Crippen LogP contribution < -0.4 is 16.0 Å². The van der Waals surface area contributed by atoms with Crippen molar-refractivity contribution in [2.75, 3.05) is 23.0 Å². The molecule has 0 amide bonds. The molecule has 0 unspecified atom stereocenters. The van der Waals surface area contributed by atoms with Gasteiger partial charge in [-0.1, -0.05) is 190 Å². The third kappa shape index (κ3) is 12.3. The highest BCUT2D eigenvalue weighted by Gasteiger charge is 2.16. The number of para-hydroxylation sites is 4. The fraction of sp³-hybridized carbons (Fsp3) is 0.134. The molecule has 10 aromatic rings. The predicted octanol–water partition coefficient (Wildman–Crippen LogP) is 18.6. The Morgan fingerprint density at radius 2 is 1.24 bits per heavy atom. The number of hydrogen-bond donors (Lipinski definition) is 2. The molecular formula is C67H68N4. The van der Waals surface area contributed by atoms with Crippen molar-refractivity contribution in [3.05, 3.63) is 266 Å². The predicted molar refractivity (Wildman–Crippen MR) is 312 cm³/mol. The average molecular weight is 929 g/mol. The fourth-order valence-corrected chi connectivity index (χ4v) is 9.19. The first-order valence-electron chi connectivity index (χ1n) is 24.9. The Balaban J connectivity index is 0.000000294. The summed E-state index contributed by atoms with van der Waals surface area (Å²) in [6.07, 6.45) is 11.4. The molecule has 0 atom stereocenters. The van der Waals surface area contributed by atoms with E-state index in [-0.39, 0.29) is 0 Å².